The Bertz CT molecular complexity index is 323. The number of amides is 1. The van der Waals surface area contributed by atoms with Crippen molar-refractivity contribution in [1.29, 1.82) is 0 Å². The third-order valence-corrected chi connectivity index (χ3v) is 1.95. The van der Waals surface area contributed by atoms with Gasteiger partial charge in [-0.3, -0.25) is 0 Å². The molecule has 1 amide bonds. The van der Waals surface area contributed by atoms with Gasteiger partial charge in [0.15, 0.2) is 0 Å². The number of benzene rings is 1. The van der Waals surface area contributed by atoms with E-state index in [0.29, 0.717) is 6.61 Å². The van der Waals surface area contributed by atoms with Crippen LogP contribution in [0, 0.1) is 5.82 Å². The van der Waals surface area contributed by atoms with Gasteiger partial charge in [0.05, 0.1) is 6.04 Å². The Labute approximate surface area is 74.5 Å². The SMILES string of the molecule is O=C1NC(c2ccc(F)cc2)CO1. The van der Waals surface area contributed by atoms with Crippen molar-refractivity contribution < 1.29 is 13.9 Å². The second-order valence-electron chi connectivity index (χ2n) is 2.85. The Hall–Kier alpha value is -1.58. The van der Waals surface area contributed by atoms with E-state index in [1.54, 1.807) is 12.1 Å². The Morgan fingerprint density at radius 1 is 1.38 bits per heavy atom. The molecule has 0 radical (unpaired) electrons. The molecule has 13 heavy (non-hydrogen) atoms. The Balaban J connectivity index is 2.17. The van der Waals surface area contributed by atoms with Crippen LogP contribution in [-0.2, 0) is 4.74 Å². The highest BCUT2D eigenvalue weighted by molar-refractivity contribution is 5.70. The van der Waals surface area contributed by atoms with E-state index in [0.717, 1.165) is 5.56 Å². The normalized spacial score (nSPS) is 21.0. The third-order valence-electron chi connectivity index (χ3n) is 1.95. The number of hydrogen-bond acceptors (Lipinski definition) is 2. The molecular weight excluding hydrogens is 173 g/mol. The molecule has 2 rings (SSSR count). The smallest absolute Gasteiger partial charge is 0.407 e. The summed E-state index contributed by atoms with van der Waals surface area (Å²) in [6, 6.07) is 5.84. The van der Waals surface area contributed by atoms with Crippen molar-refractivity contribution >= 4 is 6.09 Å². The van der Waals surface area contributed by atoms with Crippen LogP contribution in [0.2, 0.25) is 0 Å². The largest absolute Gasteiger partial charge is 0.447 e. The van der Waals surface area contributed by atoms with E-state index in [9.17, 15) is 9.18 Å². The topological polar surface area (TPSA) is 38.3 Å². The van der Waals surface area contributed by atoms with Gasteiger partial charge < -0.3 is 10.1 Å². The summed E-state index contributed by atoms with van der Waals surface area (Å²) < 4.78 is 17.2. The third kappa shape index (κ3) is 1.61. The standard InChI is InChI=1S/C9H8FNO2/c10-7-3-1-6(2-4-7)8-5-13-9(12)11-8/h1-4,8H,5H2,(H,11,12). The van der Waals surface area contributed by atoms with Crippen LogP contribution in [0.4, 0.5) is 9.18 Å². The van der Waals surface area contributed by atoms with Gasteiger partial charge in [-0.05, 0) is 17.7 Å². The van der Waals surface area contributed by atoms with Crippen LogP contribution in [0.25, 0.3) is 0 Å². The predicted molar refractivity (Wildman–Crippen MR) is 43.6 cm³/mol. The molecule has 0 aliphatic carbocycles. The van der Waals surface area contributed by atoms with Gasteiger partial charge in [-0.25, -0.2) is 9.18 Å². The minimum Gasteiger partial charge on any atom is -0.447 e. The molecule has 0 aromatic heterocycles. The van der Waals surface area contributed by atoms with Gasteiger partial charge in [0, 0.05) is 0 Å². The first-order chi connectivity index (χ1) is 6.25. The minimum absolute atomic E-state index is 0.145. The van der Waals surface area contributed by atoms with E-state index < -0.39 is 6.09 Å². The van der Waals surface area contributed by atoms with Gasteiger partial charge in [-0.2, -0.15) is 0 Å². The van der Waals surface area contributed by atoms with E-state index in [4.69, 9.17) is 4.74 Å². The summed E-state index contributed by atoms with van der Waals surface area (Å²) >= 11 is 0. The number of rotatable bonds is 1. The zero-order valence-electron chi connectivity index (χ0n) is 6.79. The van der Waals surface area contributed by atoms with Crippen molar-refractivity contribution in [3.63, 3.8) is 0 Å². The minimum atomic E-state index is -0.422. The van der Waals surface area contributed by atoms with Crippen molar-refractivity contribution in [2.45, 2.75) is 6.04 Å². The second-order valence-corrected chi connectivity index (χ2v) is 2.85. The van der Waals surface area contributed by atoms with Crippen LogP contribution in [-0.4, -0.2) is 12.7 Å². The summed E-state index contributed by atoms with van der Waals surface area (Å²) in [5, 5.41) is 2.61. The first-order valence-electron chi connectivity index (χ1n) is 3.94. The van der Waals surface area contributed by atoms with E-state index in [1.165, 1.54) is 12.1 Å². The molecule has 0 bridgehead atoms. The van der Waals surface area contributed by atoms with Crippen molar-refractivity contribution in [3.8, 4) is 0 Å². The maximum Gasteiger partial charge on any atom is 0.407 e. The van der Waals surface area contributed by atoms with Gasteiger partial charge >= 0.3 is 6.09 Å². The molecule has 3 nitrogen and oxygen atoms in total. The van der Waals surface area contributed by atoms with E-state index >= 15 is 0 Å². The Morgan fingerprint density at radius 2 is 2.08 bits per heavy atom. The zero-order chi connectivity index (χ0) is 9.26. The fourth-order valence-electron chi connectivity index (χ4n) is 1.26. The molecule has 68 valence electrons. The van der Waals surface area contributed by atoms with E-state index in [1.807, 2.05) is 0 Å². The molecule has 0 saturated carbocycles. The Morgan fingerprint density at radius 3 is 2.62 bits per heavy atom. The number of ether oxygens (including phenoxy) is 1. The highest BCUT2D eigenvalue weighted by Crippen LogP contribution is 2.17. The molecule has 1 atom stereocenters. The monoisotopic (exact) mass is 181 g/mol. The summed E-state index contributed by atoms with van der Waals surface area (Å²) in [6.07, 6.45) is -0.422. The van der Waals surface area contributed by atoms with Crippen LogP contribution in [0.3, 0.4) is 0 Å². The number of nitrogens with one attached hydrogen (secondary N) is 1. The molecule has 1 heterocycles. The molecule has 1 aromatic carbocycles. The maximum atomic E-state index is 12.5. The molecule has 1 N–H and O–H groups in total. The van der Waals surface area contributed by atoms with Crippen molar-refractivity contribution in [2.24, 2.45) is 0 Å². The average Bonchev–Trinajstić information content (AvgIpc) is 2.53. The van der Waals surface area contributed by atoms with Crippen LogP contribution in [0.1, 0.15) is 11.6 Å². The number of alkyl carbamates (subject to hydrolysis) is 1. The van der Waals surface area contributed by atoms with Gasteiger partial charge in [0.1, 0.15) is 12.4 Å². The van der Waals surface area contributed by atoms with Gasteiger partial charge in [-0.1, -0.05) is 12.1 Å². The first-order valence-corrected chi connectivity index (χ1v) is 3.94. The van der Waals surface area contributed by atoms with Crippen LogP contribution in [0.5, 0.6) is 0 Å². The summed E-state index contributed by atoms with van der Waals surface area (Å²) in [5.74, 6) is -0.283. The molecule has 1 saturated heterocycles. The molecule has 1 aliphatic rings. The first kappa shape index (κ1) is 8.04. The number of halogens is 1. The maximum absolute atomic E-state index is 12.5. The number of hydrogen-bond donors (Lipinski definition) is 1. The lowest BCUT2D eigenvalue weighted by molar-refractivity contribution is 0.177. The molecule has 1 fully saturated rings. The second kappa shape index (κ2) is 3.05. The van der Waals surface area contributed by atoms with Crippen LogP contribution < -0.4 is 5.32 Å². The van der Waals surface area contributed by atoms with Crippen molar-refractivity contribution in [1.82, 2.24) is 5.32 Å². The fourth-order valence-corrected chi connectivity index (χ4v) is 1.26. The lowest BCUT2D eigenvalue weighted by Gasteiger charge is -2.06. The van der Waals surface area contributed by atoms with Gasteiger partial charge in [0.2, 0.25) is 0 Å². The average molecular weight is 181 g/mol. The quantitative estimate of drug-likeness (QED) is 0.714. The number of cyclic esters (lactones) is 1. The molecule has 4 heteroatoms. The lowest BCUT2D eigenvalue weighted by atomic mass is 10.1. The van der Waals surface area contributed by atoms with Crippen molar-refractivity contribution in [3.05, 3.63) is 35.6 Å². The van der Waals surface area contributed by atoms with Crippen LogP contribution >= 0.6 is 0 Å². The van der Waals surface area contributed by atoms with Crippen molar-refractivity contribution in [2.75, 3.05) is 6.61 Å². The summed E-state index contributed by atoms with van der Waals surface area (Å²) in [4.78, 5) is 10.7. The van der Waals surface area contributed by atoms with Gasteiger partial charge in [-0.15, -0.1) is 0 Å². The molecule has 0 spiro atoms. The van der Waals surface area contributed by atoms with E-state index in [-0.39, 0.29) is 11.9 Å². The fraction of sp³-hybridized carbons (Fsp3) is 0.222. The highest BCUT2D eigenvalue weighted by Gasteiger charge is 2.23. The molecule has 1 aliphatic heterocycles. The van der Waals surface area contributed by atoms with Crippen LogP contribution in [0.15, 0.2) is 24.3 Å². The predicted octanol–water partition coefficient (Wildman–Crippen LogP) is 1.61. The lowest BCUT2D eigenvalue weighted by Crippen LogP contribution is -2.18. The molecule has 1 aromatic rings. The molecule has 1 unspecified atom stereocenters. The highest BCUT2D eigenvalue weighted by atomic mass is 19.1. The summed E-state index contributed by atoms with van der Waals surface area (Å²) in [5.41, 5.74) is 0.854. The number of carbonyl (C=O) groups is 1. The molecular formula is C9H8FNO2. The summed E-state index contributed by atoms with van der Waals surface area (Å²) in [6.45, 7) is 0.310. The number of carbonyl (C=O) groups excluding carboxylic acids is 1. The summed E-state index contributed by atoms with van der Waals surface area (Å²) in [7, 11) is 0. The van der Waals surface area contributed by atoms with E-state index in [2.05, 4.69) is 5.32 Å². The zero-order valence-corrected chi connectivity index (χ0v) is 6.79. The Kier molecular flexibility index (Phi) is 1.88. The van der Waals surface area contributed by atoms with Gasteiger partial charge in [0.25, 0.3) is 0 Å².